The average molecular weight is 322 g/mol. The molecule has 2 aromatic heterocycles. The lowest BCUT2D eigenvalue weighted by molar-refractivity contribution is 0.112. The summed E-state index contributed by atoms with van der Waals surface area (Å²) in [6.07, 6.45) is 2.79. The zero-order valence-corrected chi connectivity index (χ0v) is 13.8. The summed E-state index contributed by atoms with van der Waals surface area (Å²) in [6, 6.07) is 18.3. The quantitative estimate of drug-likeness (QED) is 0.636. The Hall–Kier alpha value is -2.30. The van der Waals surface area contributed by atoms with Crippen LogP contribution < -0.4 is 0 Å². The second kappa shape index (κ2) is 7.31. The van der Waals surface area contributed by atoms with E-state index in [2.05, 4.69) is 47.3 Å². The first-order valence-corrected chi connectivity index (χ1v) is 8.29. The highest BCUT2D eigenvalue weighted by molar-refractivity contribution is 7.17. The molecule has 0 amide bonds. The van der Waals surface area contributed by atoms with Crippen molar-refractivity contribution >= 4 is 17.6 Å². The third kappa shape index (κ3) is 4.12. The minimum atomic E-state index is 0.730. The molecule has 1 aromatic carbocycles. The van der Waals surface area contributed by atoms with Crippen molar-refractivity contribution in [3.63, 3.8) is 0 Å². The van der Waals surface area contributed by atoms with Crippen LogP contribution in [-0.4, -0.2) is 23.2 Å². The van der Waals surface area contributed by atoms with Crippen LogP contribution in [0.25, 0.3) is 10.6 Å². The average Bonchev–Trinajstić information content (AvgIpc) is 3.05. The Kier molecular flexibility index (Phi) is 4.95. The van der Waals surface area contributed by atoms with Gasteiger partial charge in [-0.3, -0.25) is 14.7 Å². The first-order chi connectivity index (χ1) is 11.2. The van der Waals surface area contributed by atoms with Crippen LogP contribution in [0.15, 0.2) is 60.8 Å². The molecule has 23 heavy (non-hydrogen) atoms. The molecule has 0 N–H and O–H groups in total. The fourth-order valence-electron chi connectivity index (χ4n) is 2.48. The highest BCUT2D eigenvalue weighted by atomic mass is 32.1. The number of carbonyl (C=O) groups is 1. The van der Waals surface area contributed by atoms with Crippen LogP contribution in [0.3, 0.4) is 0 Å². The summed E-state index contributed by atoms with van der Waals surface area (Å²) >= 11 is 1.47. The first kappa shape index (κ1) is 15.6. The van der Waals surface area contributed by atoms with Gasteiger partial charge in [-0.05, 0) is 36.4 Å². The van der Waals surface area contributed by atoms with Crippen molar-refractivity contribution in [2.75, 3.05) is 7.05 Å². The molecule has 0 aliphatic heterocycles. The van der Waals surface area contributed by atoms with Crippen LogP contribution >= 0.6 is 11.3 Å². The smallest absolute Gasteiger partial charge is 0.160 e. The molecule has 0 unspecified atom stereocenters. The van der Waals surface area contributed by atoms with Crippen LogP contribution in [0, 0.1) is 0 Å². The predicted molar refractivity (Wildman–Crippen MR) is 94.6 cm³/mol. The van der Waals surface area contributed by atoms with Crippen molar-refractivity contribution in [1.82, 2.24) is 9.88 Å². The largest absolute Gasteiger partial charge is 0.298 e. The van der Waals surface area contributed by atoms with Crippen LogP contribution in [0.4, 0.5) is 0 Å². The summed E-state index contributed by atoms with van der Waals surface area (Å²) in [5.74, 6) is 0. The maximum absolute atomic E-state index is 10.8. The summed E-state index contributed by atoms with van der Waals surface area (Å²) in [5, 5.41) is 0. The highest BCUT2D eigenvalue weighted by Crippen LogP contribution is 2.25. The van der Waals surface area contributed by atoms with Gasteiger partial charge in [0.1, 0.15) is 0 Å². The Balaban J connectivity index is 1.64. The van der Waals surface area contributed by atoms with E-state index in [1.807, 2.05) is 30.5 Å². The molecule has 3 nitrogen and oxygen atoms in total. The first-order valence-electron chi connectivity index (χ1n) is 7.47. The lowest BCUT2D eigenvalue weighted by atomic mass is 10.2. The number of nitrogens with zero attached hydrogens (tertiary/aromatic N) is 2. The third-order valence-corrected chi connectivity index (χ3v) is 4.60. The fourth-order valence-corrected chi connectivity index (χ4v) is 3.28. The predicted octanol–water partition coefficient (Wildman–Crippen LogP) is 4.25. The summed E-state index contributed by atoms with van der Waals surface area (Å²) in [4.78, 5) is 19.3. The van der Waals surface area contributed by atoms with E-state index in [0.717, 1.165) is 34.8 Å². The minimum absolute atomic E-state index is 0.730. The monoisotopic (exact) mass is 322 g/mol. The third-order valence-electron chi connectivity index (χ3n) is 3.57. The molecule has 0 aliphatic rings. The lowest BCUT2D eigenvalue weighted by Crippen LogP contribution is -2.17. The fraction of sp³-hybridized carbons (Fsp3) is 0.158. The Morgan fingerprint density at radius 2 is 1.78 bits per heavy atom. The second-order valence-electron chi connectivity index (χ2n) is 5.53. The summed E-state index contributed by atoms with van der Waals surface area (Å²) in [7, 11) is 2.11. The molecule has 0 atom stereocenters. The van der Waals surface area contributed by atoms with Crippen LogP contribution in [-0.2, 0) is 13.1 Å². The van der Waals surface area contributed by atoms with Crippen molar-refractivity contribution in [2.24, 2.45) is 0 Å². The zero-order valence-electron chi connectivity index (χ0n) is 13.0. The molecule has 2 heterocycles. The van der Waals surface area contributed by atoms with E-state index in [-0.39, 0.29) is 0 Å². The maximum atomic E-state index is 10.8. The Morgan fingerprint density at radius 3 is 2.43 bits per heavy atom. The number of rotatable bonds is 6. The van der Waals surface area contributed by atoms with Crippen molar-refractivity contribution < 1.29 is 4.79 Å². The van der Waals surface area contributed by atoms with Gasteiger partial charge in [0.15, 0.2) is 6.29 Å². The topological polar surface area (TPSA) is 33.2 Å². The number of aldehydes is 1. The van der Waals surface area contributed by atoms with Crippen LogP contribution in [0.2, 0.25) is 0 Å². The van der Waals surface area contributed by atoms with Crippen LogP contribution in [0.5, 0.6) is 0 Å². The summed E-state index contributed by atoms with van der Waals surface area (Å²) in [6.45, 7) is 1.77. The second-order valence-corrected chi connectivity index (χ2v) is 6.64. The van der Waals surface area contributed by atoms with Gasteiger partial charge >= 0.3 is 0 Å². The summed E-state index contributed by atoms with van der Waals surface area (Å²) in [5.41, 5.74) is 3.40. The molecule has 0 fully saturated rings. The summed E-state index contributed by atoms with van der Waals surface area (Å²) < 4.78 is 0. The molecule has 3 aromatic rings. The number of hydrogen-bond donors (Lipinski definition) is 0. The van der Waals surface area contributed by atoms with Gasteiger partial charge in [0.25, 0.3) is 0 Å². The standard InChI is InChI=1S/C19H18N2OS/c1-21(12-15-5-3-2-4-6-15)13-16-7-9-18(20-11-16)19-10-8-17(14-22)23-19/h2-11,14H,12-13H2,1H3. The van der Waals surface area contributed by atoms with E-state index < -0.39 is 0 Å². The van der Waals surface area contributed by atoms with E-state index in [1.54, 1.807) is 0 Å². The number of aromatic nitrogens is 1. The molecule has 4 heteroatoms. The molecule has 0 spiro atoms. The zero-order chi connectivity index (χ0) is 16.1. The molecule has 0 bridgehead atoms. The highest BCUT2D eigenvalue weighted by Gasteiger charge is 2.06. The minimum Gasteiger partial charge on any atom is -0.298 e. The number of carbonyl (C=O) groups excluding carboxylic acids is 1. The van der Waals surface area contributed by atoms with Gasteiger partial charge in [-0.15, -0.1) is 11.3 Å². The van der Waals surface area contributed by atoms with E-state index in [1.165, 1.54) is 22.5 Å². The molecular formula is C19H18N2OS. The number of benzene rings is 1. The molecule has 116 valence electrons. The van der Waals surface area contributed by atoms with Gasteiger partial charge < -0.3 is 0 Å². The lowest BCUT2D eigenvalue weighted by Gasteiger charge is -2.16. The Bertz CT molecular complexity index is 766. The Labute approximate surface area is 140 Å². The van der Waals surface area contributed by atoms with Gasteiger partial charge in [-0.25, -0.2) is 0 Å². The van der Waals surface area contributed by atoms with Gasteiger partial charge in [0.2, 0.25) is 0 Å². The van der Waals surface area contributed by atoms with E-state index >= 15 is 0 Å². The number of thiophene rings is 1. The van der Waals surface area contributed by atoms with Crippen molar-refractivity contribution in [3.05, 3.63) is 76.8 Å². The number of pyridine rings is 1. The molecule has 0 saturated carbocycles. The van der Waals surface area contributed by atoms with Crippen molar-refractivity contribution in [1.29, 1.82) is 0 Å². The number of hydrogen-bond acceptors (Lipinski definition) is 4. The van der Waals surface area contributed by atoms with Gasteiger partial charge in [-0.2, -0.15) is 0 Å². The molecule has 3 rings (SSSR count). The van der Waals surface area contributed by atoms with Gasteiger partial charge in [0.05, 0.1) is 15.4 Å². The van der Waals surface area contributed by atoms with E-state index in [9.17, 15) is 4.79 Å². The van der Waals surface area contributed by atoms with Gasteiger partial charge in [0, 0.05) is 19.3 Å². The molecular weight excluding hydrogens is 304 g/mol. The van der Waals surface area contributed by atoms with E-state index in [4.69, 9.17) is 0 Å². The molecule has 0 saturated heterocycles. The maximum Gasteiger partial charge on any atom is 0.160 e. The van der Waals surface area contributed by atoms with Crippen molar-refractivity contribution in [3.8, 4) is 10.6 Å². The molecule has 0 aliphatic carbocycles. The van der Waals surface area contributed by atoms with Crippen LogP contribution in [0.1, 0.15) is 20.8 Å². The molecule has 0 radical (unpaired) electrons. The van der Waals surface area contributed by atoms with Crippen molar-refractivity contribution in [2.45, 2.75) is 13.1 Å². The van der Waals surface area contributed by atoms with Gasteiger partial charge in [-0.1, -0.05) is 36.4 Å². The normalized spacial score (nSPS) is 10.9. The van der Waals surface area contributed by atoms with E-state index in [0.29, 0.717) is 0 Å². The Morgan fingerprint density at radius 1 is 1.00 bits per heavy atom. The SMILES string of the molecule is CN(Cc1ccccc1)Cc1ccc(-c2ccc(C=O)s2)nc1.